The van der Waals surface area contributed by atoms with Crippen LogP contribution in [-0.2, 0) is 10.8 Å². The van der Waals surface area contributed by atoms with E-state index in [2.05, 4.69) is 0 Å². The van der Waals surface area contributed by atoms with Gasteiger partial charge in [-0.05, 0) is 0 Å². The van der Waals surface area contributed by atoms with Gasteiger partial charge in [0.05, 0.1) is 0 Å². The molecule has 0 rings (SSSR count). The molecule has 0 unspecified atom stereocenters. The first-order chi connectivity index (χ1) is 3.46. The van der Waals surface area contributed by atoms with E-state index in [0.29, 0.717) is 0 Å². The zero-order valence-corrected chi connectivity index (χ0v) is 5.34. The zero-order chi connectivity index (χ0) is 7.15. The van der Waals surface area contributed by atoms with Gasteiger partial charge in [-0.25, -0.2) is 0 Å². The molecule has 0 amide bonds. The lowest BCUT2D eigenvalue weighted by molar-refractivity contribution is 0.535. The maximum Gasteiger partial charge on any atom is 0.762 e. The maximum absolute atomic E-state index is 9.67. The predicted molar refractivity (Wildman–Crippen MR) is 29.1 cm³/mol. The topological polar surface area (TPSA) is 17.1 Å². The largest absolute Gasteiger partial charge is 0.762 e. The monoisotopic (exact) mass is 146 g/mol. The fourth-order valence-electron chi connectivity index (χ4n) is 0. The molecule has 0 aromatic heterocycles. The molecule has 0 aromatic rings. The molecule has 0 aromatic carbocycles. The van der Waals surface area contributed by atoms with Gasteiger partial charge in [0.15, 0.2) is 0 Å². The predicted octanol–water partition coefficient (Wildman–Crippen LogP) is 0.875. The van der Waals surface area contributed by atoms with E-state index in [0.717, 1.165) is 0 Å². The quantitative estimate of drug-likeness (QED) is 0.463. The SMILES string of the molecule is CS(C)=O.FB(F)F. The molecule has 0 N–H and O–H groups in total. The summed E-state index contributed by atoms with van der Waals surface area (Å²) in [6.07, 6.45) is 3.28. The third-order valence-electron chi connectivity index (χ3n) is 0. The van der Waals surface area contributed by atoms with Crippen molar-refractivity contribution in [2.75, 3.05) is 12.5 Å². The summed E-state index contributed by atoms with van der Waals surface area (Å²) in [6, 6.07) is 0. The second kappa shape index (κ2) is 7.00. The first-order valence-electron chi connectivity index (χ1n) is 1.64. The van der Waals surface area contributed by atoms with Crippen LogP contribution in [-0.4, -0.2) is 24.3 Å². The van der Waals surface area contributed by atoms with Gasteiger partial charge in [0.1, 0.15) is 0 Å². The second-order valence-corrected chi connectivity index (χ2v) is 2.47. The molecule has 0 heterocycles. The molecule has 1 nitrogen and oxygen atoms in total. The molecule has 0 aliphatic carbocycles. The van der Waals surface area contributed by atoms with Gasteiger partial charge in [0.2, 0.25) is 0 Å². The zero-order valence-electron chi connectivity index (χ0n) is 4.53. The van der Waals surface area contributed by atoms with Gasteiger partial charge < -0.3 is 0 Å². The van der Waals surface area contributed by atoms with Crippen LogP contribution in [0.2, 0.25) is 0 Å². The summed E-state index contributed by atoms with van der Waals surface area (Å²) >= 11 is 0. The van der Waals surface area contributed by atoms with Crippen LogP contribution in [0.15, 0.2) is 0 Å². The van der Waals surface area contributed by atoms with Crippen molar-refractivity contribution in [1.29, 1.82) is 0 Å². The van der Waals surface area contributed by atoms with Crippen LogP contribution in [0.3, 0.4) is 0 Å². The average Bonchev–Trinajstić information content (AvgIpc) is 1.25. The van der Waals surface area contributed by atoms with Crippen molar-refractivity contribution in [2.24, 2.45) is 0 Å². The molecular formula is C2H6BF3OS. The highest BCUT2D eigenvalue weighted by atomic mass is 32.2. The summed E-state index contributed by atoms with van der Waals surface area (Å²) in [7, 11) is -4.28. The fraction of sp³-hybridized carbons (Fsp3) is 1.00. The van der Waals surface area contributed by atoms with Gasteiger partial charge in [-0.3, -0.25) is 17.2 Å². The molecule has 0 fully saturated rings. The number of halogens is 3. The van der Waals surface area contributed by atoms with E-state index in [-0.39, 0.29) is 0 Å². The van der Waals surface area contributed by atoms with Crippen molar-refractivity contribution in [3.63, 3.8) is 0 Å². The molecule has 6 heteroatoms. The Kier molecular flexibility index (Phi) is 9.54. The van der Waals surface area contributed by atoms with Gasteiger partial charge in [0.25, 0.3) is 0 Å². The van der Waals surface area contributed by atoms with E-state index < -0.39 is 18.3 Å². The summed E-state index contributed by atoms with van der Waals surface area (Å²) in [4.78, 5) is 0. The van der Waals surface area contributed by atoms with Gasteiger partial charge in [0, 0.05) is 23.3 Å². The Balaban J connectivity index is 0. The molecule has 0 spiro atoms. The van der Waals surface area contributed by atoms with Crippen LogP contribution >= 0.6 is 0 Å². The Morgan fingerprint density at radius 2 is 1.25 bits per heavy atom. The summed E-state index contributed by atoms with van der Waals surface area (Å²) in [6.45, 7) is 0. The van der Waals surface area contributed by atoms with Crippen LogP contribution < -0.4 is 0 Å². The fourth-order valence-corrected chi connectivity index (χ4v) is 0. The number of hydrogen-bond acceptors (Lipinski definition) is 1. The van der Waals surface area contributed by atoms with Gasteiger partial charge in [-0.1, -0.05) is 0 Å². The van der Waals surface area contributed by atoms with Crippen molar-refractivity contribution < 1.29 is 17.2 Å². The molecule has 0 aliphatic rings. The van der Waals surface area contributed by atoms with Crippen molar-refractivity contribution in [2.45, 2.75) is 0 Å². The molecule has 0 aliphatic heterocycles. The lowest BCUT2D eigenvalue weighted by Crippen LogP contribution is -1.76. The van der Waals surface area contributed by atoms with Gasteiger partial charge in [-0.2, -0.15) is 0 Å². The van der Waals surface area contributed by atoms with E-state index in [1.807, 2.05) is 0 Å². The second-order valence-electron chi connectivity index (χ2n) is 0.989. The van der Waals surface area contributed by atoms with Crippen LogP contribution in [0.1, 0.15) is 0 Å². The highest BCUT2D eigenvalue weighted by molar-refractivity contribution is 7.83. The first kappa shape index (κ1) is 10.9. The van der Waals surface area contributed by atoms with Crippen molar-refractivity contribution in [3.8, 4) is 0 Å². The number of hydrogen-bond donors (Lipinski definition) is 0. The minimum Gasteiger partial charge on any atom is -0.260 e. The van der Waals surface area contributed by atoms with Crippen molar-refractivity contribution >= 4 is 18.3 Å². The third kappa shape index (κ3) is 6180000. The van der Waals surface area contributed by atoms with E-state index in [4.69, 9.17) is 0 Å². The number of rotatable bonds is 0. The maximum atomic E-state index is 9.67. The van der Waals surface area contributed by atoms with E-state index >= 15 is 0 Å². The summed E-state index contributed by atoms with van der Waals surface area (Å²) in [5, 5.41) is 0. The molecule has 8 heavy (non-hydrogen) atoms. The molecule has 0 atom stereocenters. The standard InChI is InChI=1S/C2H6OS.BF3/c1-4(2)3;2-1(3)4/h1-2H3;. The first-order valence-corrected chi connectivity index (χ1v) is 3.60. The Morgan fingerprint density at radius 1 is 1.25 bits per heavy atom. The van der Waals surface area contributed by atoms with Gasteiger partial charge in [-0.15, -0.1) is 0 Å². The van der Waals surface area contributed by atoms with E-state index in [1.165, 1.54) is 0 Å². The van der Waals surface area contributed by atoms with Crippen LogP contribution in [0.5, 0.6) is 0 Å². The van der Waals surface area contributed by atoms with Crippen LogP contribution in [0, 0.1) is 0 Å². The lowest BCUT2D eigenvalue weighted by atomic mass is 10.5. The molecule has 0 saturated carbocycles. The third-order valence-corrected chi connectivity index (χ3v) is 0. The van der Waals surface area contributed by atoms with E-state index in [1.54, 1.807) is 12.5 Å². The minimum absolute atomic E-state index is 0.611. The Labute approximate surface area is 49.0 Å². The molecule has 0 saturated heterocycles. The van der Waals surface area contributed by atoms with Crippen molar-refractivity contribution in [3.05, 3.63) is 0 Å². The molecule has 50 valence electrons. The van der Waals surface area contributed by atoms with Crippen LogP contribution in [0.25, 0.3) is 0 Å². The Bertz CT molecular complexity index is 61.5. The Hall–Kier alpha value is 0.00494. The van der Waals surface area contributed by atoms with E-state index in [9.17, 15) is 17.2 Å². The Morgan fingerprint density at radius 3 is 1.25 bits per heavy atom. The summed E-state index contributed by atoms with van der Waals surface area (Å²) < 4.78 is 38.6. The van der Waals surface area contributed by atoms with Gasteiger partial charge >= 0.3 is 7.54 Å². The molecular weight excluding hydrogens is 140 g/mol. The summed E-state index contributed by atoms with van der Waals surface area (Å²) in [5.74, 6) is 0. The minimum atomic E-state index is -3.67. The normalized spacial score (nSPS) is 7.75. The van der Waals surface area contributed by atoms with Crippen LogP contribution in [0.4, 0.5) is 12.9 Å². The summed E-state index contributed by atoms with van der Waals surface area (Å²) in [5.41, 5.74) is 0. The van der Waals surface area contributed by atoms with Crippen molar-refractivity contribution in [1.82, 2.24) is 0 Å². The average molecular weight is 146 g/mol. The molecule has 0 radical (unpaired) electrons. The molecule has 0 bridgehead atoms. The lowest BCUT2D eigenvalue weighted by Gasteiger charge is -1.60. The highest BCUT2D eigenvalue weighted by Gasteiger charge is 2.06. The highest BCUT2D eigenvalue weighted by Crippen LogP contribution is 1.80. The smallest absolute Gasteiger partial charge is 0.260 e.